The minimum absolute atomic E-state index is 0.00319. The van der Waals surface area contributed by atoms with Crippen LogP contribution in [0.25, 0.3) is 0 Å². The summed E-state index contributed by atoms with van der Waals surface area (Å²) in [6.45, 7) is 11.4. The number of hydroxylamine groups is 2. The maximum Gasteiger partial charge on any atom is 0.236 e. The molecule has 0 heterocycles. The van der Waals surface area contributed by atoms with E-state index in [-0.39, 0.29) is 18.5 Å². The Labute approximate surface area is 118 Å². The number of rotatable bonds is 9. The number of hydrogen-bond donors (Lipinski definition) is 1. The summed E-state index contributed by atoms with van der Waals surface area (Å²) >= 11 is 0. The van der Waals surface area contributed by atoms with E-state index in [1.54, 1.807) is 12.1 Å². The summed E-state index contributed by atoms with van der Waals surface area (Å²) in [5.41, 5.74) is 1.29. The molecule has 0 bridgehead atoms. The monoisotopic (exact) mass is 270 g/mol. The van der Waals surface area contributed by atoms with Gasteiger partial charge >= 0.3 is 0 Å². The number of nitrogens with zero attached hydrogens (tertiary/aromatic N) is 1. The van der Waals surface area contributed by atoms with Crippen LogP contribution in [0.15, 0.2) is 11.6 Å². The molecule has 0 spiro atoms. The third-order valence-electron chi connectivity index (χ3n) is 2.90. The molecular formula is C15H30N2O2. The van der Waals surface area contributed by atoms with E-state index in [9.17, 15) is 4.79 Å². The lowest BCUT2D eigenvalue weighted by Gasteiger charge is -2.19. The van der Waals surface area contributed by atoms with E-state index in [1.807, 2.05) is 13.8 Å². The Morgan fingerprint density at radius 1 is 1.37 bits per heavy atom. The van der Waals surface area contributed by atoms with E-state index in [0.29, 0.717) is 12.5 Å². The number of likely N-dealkylation sites (N-methyl/N-ethyl adjacent to an activating group) is 1. The van der Waals surface area contributed by atoms with Crippen LogP contribution in [0, 0.1) is 5.92 Å². The molecule has 0 rings (SSSR count). The zero-order valence-electron chi connectivity index (χ0n) is 13.3. The SMILES string of the molecule is C/C=C(\C)CC(C)NC(=O)CN(C)OCCC(C)C. The normalized spacial score (nSPS) is 14.0. The van der Waals surface area contributed by atoms with Crippen molar-refractivity contribution in [3.63, 3.8) is 0 Å². The molecule has 4 heteroatoms. The largest absolute Gasteiger partial charge is 0.352 e. The van der Waals surface area contributed by atoms with E-state index in [1.165, 1.54) is 5.57 Å². The van der Waals surface area contributed by atoms with Gasteiger partial charge in [0.25, 0.3) is 0 Å². The summed E-state index contributed by atoms with van der Waals surface area (Å²) in [5, 5.41) is 4.58. The van der Waals surface area contributed by atoms with Gasteiger partial charge in [0.15, 0.2) is 0 Å². The van der Waals surface area contributed by atoms with E-state index < -0.39 is 0 Å². The second kappa shape index (κ2) is 9.98. The van der Waals surface area contributed by atoms with E-state index in [4.69, 9.17) is 4.84 Å². The predicted octanol–water partition coefficient (Wildman–Crippen LogP) is 2.76. The van der Waals surface area contributed by atoms with Crippen LogP contribution in [0.4, 0.5) is 0 Å². The molecule has 4 nitrogen and oxygen atoms in total. The first kappa shape index (κ1) is 18.1. The fourth-order valence-corrected chi connectivity index (χ4v) is 1.66. The maximum absolute atomic E-state index is 11.8. The number of allylic oxidation sites excluding steroid dienone is 1. The molecule has 0 saturated carbocycles. The zero-order chi connectivity index (χ0) is 14.8. The van der Waals surface area contributed by atoms with Crippen LogP contribution in [0.3, 0.4) is 0 Å². The average molecular weight is 270 g/mol. The van der Waals surface area contributed by atoms with Crippen molar-refractivity contribution in [3.8, 4) is 0 Å². The number of nitrogens with one attached hydrogen (secondary N) is 1. The molecule has 0 aliphatic carbocycles. The highest BCUT2D eigenvalue weighted by atomic mass is 16.7. The highest BCUT2D eigenvalue weighted by Crippen LogP contribution is 2.04. The van der Waals surface area contributed by atoms with Crippen LogP contribution >= 0.6 is 0 Å². The number of hydrogen-bond acceptors (Lipinski definition) is 3. The average Bonchev–Trinajstić information content (AvgIpc) is 2.27. The summed E-state index contributed by atoms with van der Waals surface area (Å²) in [5.74, 6) is 0.620. The standard InChI is InChI=1S/C15H30N2O2/c1-7-13(4)10-14(5)16-15(18)11-17(6)19-9-8-12(2)3/h7,12,14H,8-11H2,1-6H3,(H,16,18)/b13-7+. The highest BCUT2D eigenvalue weighted by Gasteiger charge is 2.10. The van der Waals surface area contributed by atoms with Crippen molar-refractivity contribution in [1.29, 1.82) is 0 Å². The van der Waals surface area contributed by atoms with Gasteiger partial charge in [0.1, 0.15) is 6.54 Å². The van der Waals surface area contributed by atoms with Gasteiger partial charge in [0.05, 0.1) is 6.61 Å². The van der Waals surface area contributed by atoms with Crippen LogP contribution in [-0.4, -0.2) is 37.2 Å². The lowest BCUT2D eigenvalue weighted by Crippen LogP contribution is -2.40. The van der Waals surface area contributed by atoms with Crippen LogP contribution < -0.4 is 5.32 Å². The topological polar surface area (TPSA) is 41.6 Å². The number of carbonyl (C=O) groups is 1. The third-order valence-corrected chi connectivity index (χ3v) is 2.90. The van der Waals surface area contributed by atoms with Gasteiger partial charge in [-0.2, -0.15) is 5.06 Å². The van der Waals surface area contributed by atoms with Crippen molar-refractivity contribution < 1.29 is 9.63 Å². The Bertz CT molecular complexity index is 288. The number of amides is 1. The molecule has 1 atom stereocenters. The second-order valence-corrected chi connectivity index (χ2v) is 5.61. The van der Waals surface area contributed by atoms with Crippen molar-refractivity contribution in [1.82, 2.24) is 10.4 Å². The van der Waals surface area contributed by atoms with E-state index in [2.05, 4.69) is 32.2 Å². The van der Waals surface area contributed by atoms with Gasteiger partial charge in [-0.3, -0.25) is 9.63 Å². The molecule has 0 aromatic heterocycles. The summed E-state index contributed by atoms with van der Waals surface area (Å²) in [6.07, 6.45) is 3.97. The maximum atomic E-state index is 11.8. The van der Waals surface area contributed by atoms with Crippen molar-refractivity contribution in [2.24, 2.45) is 5.92 Å². The molecule has 0 radical (unpaired) electrons. The second-order valence-electron chi connectivity index (χ2n) is 5.61. The van der Waals surface area contributed by atoms with Gasteiger partial charge in [-0.15, -0.1) is 0 Å². The fraction of sp³-hybridized carbons (Fsp3) is 0.800. The first-order valence-corrected chi connectivity index (χ1v) is 7.10. The Morgan fingerprint density at radius 2 is 2.00 bits per heavy atom. The molecule has 1 amide bonds. The van der Waals surface area contributed by atoms with Gasteiger partial charge in [-0.1, -0.05) is 25.5 Å². The lowest BCUT2D eigenvalue weighted by molar-refractivity contribution is -0.156. The van der Waals surface area contributed by atoms with Crippen molar-refractivity contribution in [3.05, 3.63) is 11.6 Å². The smallest absolute Gasteiger partial charge is 0.236 e. The van der Waals surface area contributed by atoms with Gasteiger partial charge in [-0.25, -0.2) is 0 Å². The molecule has 0 aromatic carbocycles. The lowest BCUT2D eigenvalue weighted by atomic mass is 10.1. The van der Waals surface area contributed by atoms with Gasteiger partial charge in [0, 0.05) is 13.1 Å². The summed E-state index contributed by atoms with van der Waals surface area (Å²) < 4.78 is 0. The Balaban J connectivity index is 3.84. The third kappa shape index (κ3) is 10.7. The molecule has 0 aromatic rings. The van der Waals surface area contributed by atoms with Crippen LogP contribution in [0.5, 0.6) is 0 Å². The predicted molar refractivity (Wildman–Crippen MR) is 79.7 cm³/mol. The zero-order valence-corrected chi connectivity index (χ0v) is 13.3. The highest BCUT2D eigenvalue weighted by molar-refractivity contribution is 5.78. The molecule has 0 saturated heterocycles. The molecule has 0 aliphatic rings. The summed E-state index contributed by atoms with van der Waals surface area (Å²) in [7, 11) is 1.79. The van der Waals surface area contributed by atoms with Gasteiger partial charge in [-0.05, 0) is 39.5 Å². The first-order chi connectivity index (χ1) is 8.85. The summed E-state index contributed by atoms with van der Waals surface area (Å²) in [6, 6.07) is 0.160. The fourth-order valence-electron chi connectivity index (χ4n) is 1.66. The van der Waals surface area contributed by atoms with Crippen molar-refractivity contribution in [2.45, 2.75) is 53.5 Å². The van der Waals surface area contributed by atoms with E-state index >= 15 is 0 Å². The summed E-state index contributed by atoms with van der Waals surface area (Å²) in [4.78, 5) is 17.2. The van der Waals surface area contributed by atoms with Crippen molar-refractivity contribution >= 4 is 5.91 Å². The van der Waals surface area contributed by atoms with Crippen LogP contribution in [0.2, 0.25) is 0 Å². The molecule has 1 unspecified atom stereocenters. The minimum Gasteiger partial charge on any atom is -0.352 e. The molecule has 112 valence electrons. The minimum atomic E-state index is 0.00319. The number of carbonyl (C=O) groups excluding carboxylic acids is 1. The van der Waals surface area contributed by atoms with Gasteiger partial charge < -0.3 is 5.32 Å². The van der Waals surface area contributed by atoms with Crippen LogP contribution in [0.1, 0.15) is 47.5 Å². The Hall–Kier alpha value is -0.870. The van der Waals surface area contributed by atoms with Crippen molar-refractivity contribution in [2.75, 3.05) is 20.2 Å². The quantitative estimate of drug-likeness (QED) is 0.517. The molecule has 0 aliphatic heterocycles. The van der Waals surface area contributed by atoms with E-state index in [0.717, 1.165) is 12.8 Å². The molecule has 19 heavy (non-hydrogen) atoms. The molecular weight excluding hydrogens is 240 g/mol. The molecule has 1 N–H and O–H groups in total. The Morgan fingerprint density at radius 3 is 2.53 bits per heavy atom. The van der Waals surface area contributed by atoms with Gasteiger partial charge in [0.2, 0.25) is 5.91 Å². The Kier molecular flexibility index (Phi) is 9.53. The molecule has 0 fully saturated rings. The van der Waals surface area contributed by atoms with Crippen LogP contribution in [-0.2, 0) is 9.63 Å². The first-order valence-electron chi connectivity index (χ1n) is 7.10.